The molecule has 1 aromatic heterocycles. The van der Waals surface area contributed by atoms with E-state index in [2.05, 4.69) is 51.5 Å². The number of aryl methyl sites for hydroxylation is 1. The summed E-state index contributed by atoms with van der Waals surface area (Å²) < 4.78 is 16.2. The Bertz CT molecular complexity index is 1170. The molecular formula is C28H36N4O4S. The van der Waals surface area contributed by atoms with Gasteiger partial charge < -0.3 is 19.3 Å². The third kappa shape index (κ3) is 7.72. The highest BCUT2D eigenvalue weighted by molar-refractivity contribution is 7.98. The van der Waals surface area contributed by atoms with Gasteiger partial charge in [0.25, 0.3) is 0 Å². The Morgan fingerprint density at radius 1 is 1.19 bits per heavy atom. The van der Waals surface area contributed by atoms with Gasteiger partial charge in [0.2, 0.25) is 17.6 Å². The smallest absolute Gasteiger partial charge is 0.241 e. The van der Waals surface area contributed by atoms with Gasteiger partial charge >= 0.3 is 0 Å². The van der Waals surface area contributed by atoms with Crippen LogP contribution in [0.15, 0.2) is 47.0 Å². The average Bonchev–Trinajstić information content (AvgIpc) is 3.38. The summed E-state index contributed by atoms with van der Waals surface area (Å²) >= 11 is 1.91. The van der Waals surface area contributed by atoms with Crippen molar-refractivity contribution < 1.29 is 18.8 Å². The fourth-order valence-electron chi connectivity index (χ4n) is 4.54. The molecule has 0 aliphatic carbocycles. The molecule has 1 N–H and O–H groups in total. The Morgan fingerprint density at radius 2 is 2.05 bits per heavy atom. The van der Waals surface area contributed by atoms with E-state index in [1.807, 2.05) is 30.0 Å². The lowest BCUT2D eigenvalue weighted by Gasteiger charge is -2.30. The van der Waals surface area contributed by atoms with Gasteiger partial charge in [0, 0.05) is 24.4 Å². The van der Waals surface area contributed by atoms with Gasteiger partial charge in [-0.15, -0.1) is 0 Å². The molecule has 4 rings (SSSR count). The Kier molecular flexibility index (Phi) is 9.85. The van der Waals surface area contributed by atoms with Crippen LogP contribution in [0, 0.1) is 12.8 Å². The number of piperidine rings is 1. The zero-order chi connectivity index (χ0) is 26.0. The van der Waals surface area contributed by atoms with Crippen LogP contribution >= 0.6 is 11.8 Å². The number of benzene rings is 2. The molecule has 8 nitrogen and oxygen atoms in total. The zero-order valence-electron chi connectivity index (χ0n) is 21.9. The molecule has 2 aromatic carbocycles. The van der Waals surface area contributed by atoms with E-state index in [9.17, 15) is 4.79 Å². The van der Waals surface area contributed by atoms with Gasteiger partial charge in [-0.3, -0.25) is 9.69 Å². The second-order valence-corrected chi connectivity index (χ2v) is 10.4. The number of nitrogens with one attached hydrogen (secondary N) is 1. The highest BCUT2D eigenvalue weighted by Gasteiger charge is 2.26. The summed E-state index contributed by atoms with van der Waals surface area (Å²) in [6, 6.07) is 14.1. The van der Waals surface area contributed by atoms with Gasteiger partial charge in [0.15, 0.2) is 11.5 Å². The Balaban J connectivity index is 1.20. The molecule has 1 fully saturated rings. The summed E-state index contributed by atoms with van der Waals surface area (Å²) in [5, 5.41) is 7.27. The lowest BCUT2D eigenvalue weighted by atomic mass is 9.97. The van der Waals surface area contributed by atoms with Crippen LogP contribution in [0.4, 0.5) is 0 Å². The molecule has 0 saturated carbocycles. The van der Waals surface area contributed by atoms with Crippen LogP contribution in [0.5, 0.6) is 11.5 Å². The second-order valence-electron chi connectivity index (χ2n) is 9.34. The van der Waals surface area contributed by atoms with Crippen LogP contribution < -0.4 is 14.8 Å². The van der Waals surface area contributed by atoms with Crippen molar-refractivity contribution in [2.45, 2.75) is 38.5 Å². The normalized spacial score (nSPS) is 15.9. The van der Waals surface area contributed by atoms with Crippen LogP contribution in [-0.2, 0) is 17.1 Å². The van der Waals surface area contributed by atoms with Crippen molar-refractivity contribution in [2.24, 2.45) is 5.92 Å². The molecule has 1 aliphatic rings. The first-order valence-electron chi connectivity index (χ1n) is 12.7. The highest BCUT2D eigenvalue weighted by atomic mass is 32.2. The van der Waals surface area contributed by atoms with Crippen molar-refractivity contribution >= 4 is 17.7 Å². The van der Waals surface area contributed by atoms with Crippen LogP contribution in [-0.4, -0.2) is 60.6 Å². The average molecular weight is 525 g/mol. The predicted octanol–water partition coefficient (Wildman–Crippen LogP) is 4.71. The molecule has 0 radical (unpaired) electrons. The fourth-order valence-corrected chi connectivity index (χ4v) is 5.45. The molecule has 1 aliphatic heterocycles. The van der Waals surface area contributed by atoms with Crippen molar-refractivity contribution in [3.63, 3.8) is 0 Å². The van der Waals surface area contributed by atoms with Crippen molar-refractivity contribution in [2.75, 3.05) is 39.6 Å². The summed E-state index contributed by atoms with van der Waals surface area (Å²) in [6.45, 7) is 4.97. The largest absolute Gasteiger partial charge is 0.493 e. The van der Waals surface area contributed by atoms with Crippen LogP contribution in [0.2, 0.25) is 0 Å². The van der Waals surface area contributed by atoms with E-state index in [1.165, 1.54) is 11.1 Å². The molecule has 37 heavy (non-hydrogen) atoms. The van der Waals surface area contributed by atoms with E-state index < -0.39 is 0 Å². The number of aromatic nitrogens is 2. The summed E-state index contributed by atoms with van der Waals surface area (Å²) in [7, 11) is 3.20. The van der Waals surface area contributed by atoms with Crippen LogP contribution in [0.1, 0.15) is 36.3 Å². The first-order chi connectivity index (χ1) is 18.1. The number of nitrogens with zero attached hydrogens (tertiary/aromatic N) is 3. The number of rotatable bonds is 12. The van der Waals surface area contributed by atoms with E-state index in [0.29, 0.717) is 42.8 Å². The molecule has 3 aromatic rings. The molecule has 1 unspecified atom stereocenters. The summed E-state index contributed by atoms with van der Waals surface area (Å²) in [5.74, 6) is 4.47. The molecule has 1 atom stereocenters. The number of carbonyl (C=O) groups excluding carboxylic acids is 1. The quantitative estimate of drug-likeness (QED) is 0.341. The minimum Gasteiger partial charge on any atom is -0.493 e. The zero-order valence-corrected chi connectivity index (χ0v) is 22.7. The van der Waals surface area contributed by atoms with Gasteiger partial charge in [-0.2, -0.15) is 16.7 Å². The minimum absolute atomic E-state index is 0.0121. The molecule has 1 saturated heterocycles. The predicted molar refractivity (Wildman–Crippen MR) is 146 cm³/mol. The van der Waals surface area contributed by atoms with E-state index >= 15 is 0 Å². The number of hydrogen-bond acceptors (Lipinski definition) is 8. The molecule has 198 valence electrons. The van der Waals surface area contributed by atoms with E-state index in [4.69, 9.17) is 14.0 Å². The maximum atomic E-state index is 12.8. The second kappa shape index (κ2) is 13.5. The number of methoxy groups -OCH3 is 2. The number of carbonyl (C=O) groups is 1. The summed E-state index contributed by atoms with van der Waals surface area (Å²) in [4.78, 5) is 19.6. The maximum absolute atomic E-state index is 12.8. The molecule has 9 heteroatoms. The Morgan fingerprint density at radius 3 is 2.86 bits per heavy atom. The van der Waals surface area contributed by atoms with Crippen molar-refractivity contribution in [3.8, 4) is 22.9 Å². The van der Waals surface area contributed by atoms with Gasteiger partial charge in [0.1, 0.15) is 0 Å². The Hall–Kier alpha value is -3.04. The van der Waals surface area contributed by atoms with Crippen molar-refractivity contribution in [3.05, 3.63) is 59.5 Å². The highest BCUT2D eigenvalue weighted by Crippen LogP contribution is 2.31. The number of hydrogen-bond donors (Lipinski definition) is 1. The van der Waals surface area contributed by atoms with Crippen molar-refractivity contribution in [1.29, 1.82) is 0 Å². The summed E-state index contributed by atoms with van der Waals surface area (Å²) in [5.41, 5.74) is 3.44. The van der Waals surface area contributed by atoms with Gasteiger partial charge in [0.05, 0.1) is 26.7 Å². The molecule has 1 amide bonds. The first kappa shape index (κ1) is 27.0. The van der Waals surface area contributed by atoms with Gasteiger partial charge in [-0.1, -0.05) is 35.0 Å². The third-order valence-corrected chi connectivity index (χ3v) is 7.58. The SMILES string of the molecule is COc1ccc(-c2noc(CN3CCCC(C(=O)NCCCSCc4cccc(C)c4)C3)n2)cc1OC. The number of thioether (sulfide) groups is 1. The lowest BCUT2D eigenvalue weighted by Crippen LogP contribution is -2.43. The number of amides is 1. The third-order valence-electron chi connectivity index (χ3n) is 6.46. The Labute approximate surface area is 223 Å². The molecule has 0 spiro atoms. The van der Waals surface area contributed by atoms with Crippen molar-refractivity contribution in [1.82, 2.24) is 20.4 Å². The maximum Gasteiger partial charge on any atom is 0.241 e. The fraction of sp³-hybridized carbons (Fsp3) is 0.464. The number of ether oxygens (including phenoxy) is 2. The monoisotopic (exact) mass is 524 g/mol. The standard InChI is InChI=1S/C28H36N4O4S/c1-20-7-4-8-21(15-20)19-37-14-6-12-29-28(33)23-9-5-13-32(17-23)18-26-30-27(31-36-26)22-10-11-24(34-2)25(16-22)35-3/h4,7-8,10-11,15-16,23H,5-6,9,12-14,17-19H2,1-3H3,(H,29,33). The van der Waals surface area contributed by atoms with Gasteiger partial charge in [-0.25, -0.2) is 0 Å². The molecule has 0 bridgehead atoms. The topological polar surface area (TPSA) is 89.7 Å². The van der Waals surface area contributed by atoms with Crippen LogP contribution in [0.3, 0.4) is 0 Å². The number of likely N-dealkylation sites (tertiary alicyclic amines) is 1. The minimum atomic E-state index is -0.0121. The van der Waals surface area contributed by atoms with Gasteiger partial charge in [-0.05, 0) is 62.2 Å². The van der Waals surface area contributed by atoms with E-state index in [0.717, 1.165) is 42.9 Å². The van der Waals surface area contributed by atoms with E-state index in [1.54, 1.807) is 14.2 Å². The lowest BCUT2D eigenvalue weighted by molar-refractivity contribution is -0.126. The van der Waals surface area contributed by atoms with E-state index in [-0.39, 0.29) is 11.8 Å². The molecular weight excluding hydrogens is 488 g/mol. The first-order valence-corrected chi connectivity index (χ1v) is 13.9. The van der Waals surface area contributed by atoms with Crippen LogP contribution in [0.25, 0.3) is 11.4 Å². The summed E-state index contributed by atoms with van der Waals surface area (Å²) in [6.07, 6.45) is 2.85. The molecule has 2 heterocycles.